The maximum absolute atomic E-state index is 6.12. The van der Waals surface area contributed by atoms with Crippen molar-refractivity contribution in [3.05, 3.63) is 23.8 Å². The van der Waals surface area contributed by atoms with Crippen LogP contribution < -0.4 is 9.47 Å². The molecule has 3 nitrogen and oxygen atoms in total. The van der Waals surface area contributed by atoms with E-state index in [1.807, 2.05) is 12.1 Å². The van der Waals surface area contributed by atoms with Gasteiger partial charge in [0, 0.05) is 25.2 Å². The minimum absolute atomic E-state index is 0.286. The van der Waals surface area contributed by atoms with Gasteiger partial charge in [-0.25, -0.2) is 0 Å². The second-order valence-electron chi connectivity index (χ2n) is 5.71. The molecule has 1 aromatic carbocycles. The Morgan fingerprint density at radius 1 is 1.42 bits per heavy atom. The summed E-state index contributed by atoms with van der Waals surface area (Å²) in [6.45, 7) is 9.77. The summed E-state index contributed by atoms with van der Waals surface area (Å²) in [4.78, 5) is 2.49. The van der Waals surface area contributed by atoms with Crippen LogP contribution >= 0.6 is 0 Å². The summed E-state index contributed by atoms with van der Waals surface area (Å²) in [6.07, 6.45) is 1.33. The highest BCUT2D eigenvalue weighted by atomic mass is 16.5. The van der Waals surface area contributed by atoms with Crippen molar-refractivity contribution in [3.63, 3.8) is 0 Å². The van der Waals surface area contributed by atoms with Gasteiger partial charge in [-0.1, -0.05) is 20.8 Å². The second-order valence-corrected chi connectivity index (χ2v) is 5.71. The van der Waals surface area contributed by atoms with Crippen LogP contribution in [0.4, 0.5) is 0 Å². The SMILES string of the molecule is CC[C@@H]1CN(CC(C)C)Cc2cc(OC)ccc2O1. The quantitative estimate of drug-likeness (QED) is 0.831. The van der Waals surface area contributed by atoms with E-state index >= 15 is 0 Å². The highest BCUT2D eigenvalue weighted by molar-refractivity contribution is 5.41. The number of hydrogen-bond acceptors (Lipinski definition) is 3. The van der Waals surface area contributed by atoms with E-state index in [1.165, 1.54) is 5.56 Å². The van der Waals surface area contributed by atoms with Crippen molar-refractivity contribution < 1.29 is 9.47 Å². The lowest BCUT2D eigenvalue weighted by atomic mass is 10.1. The molecule has 0 aromatic heterocycles. The lowest BCUT2D eigenvalue weighted by molar-refractivity contribution is 0.135. The van der Waals surface area contributed by atoms with Crippen molar-refractivity contribution in [2.75, 3.05) is 20.2 Å². The van der Waals surface area contributed by atoms with Gasteiger partial charge in [-0.15, -0.1) is 0 Å². The Bertz CT molecular complexity index is 417. The summed E-state index contributed by atoms with van der Waals surface area (Å²) in [5, 5.41) is 0. The van der Waals surface area contributed by atoms with E-state index in [9.17, 15) is 0 Å². The van der Waals surface area contributed by atoms with Crippen LogP contribution in [0.1, 0.15) is 32.8 Å². The molecule has 0 bridgehead atoms. The maximum atomic E-state index is 6.12. The lowest BCUT2D eigenvalue weighted by Crippen LogP contribution is -2.34. The van der Waals surface area contributed by atoms with Gasteiger partial charge in [0.25, 0.3) is 0 Å². The molecule has 2 rings (SSSR count). The van der Waals surface area contributed by atoms with Crippen LogP contribution in [0.3, 0.4) is 0 Å². The smallest absolute Gasteiger partial charge is 0.124 e. The average molecular weight is 263 g/mol. The van der Waals surface area contributed by atoms with E-state index in [0.29, 0.717) is 5.92 Å². The van der Waals surface area contributed by atoms with E-state index in [0.717, 1.165) is 37.6 Å². The van der Waals surface area contributed by atoms with Crippen LogP contribution in [0.25, 0.3) is 0 Å². The standard InChI is InChI=1S/C16H25NO2/c1-5-14-11-17(9-12(2)3)10-13-8-15(18-4)6-7-16(13)19-14/h6-8,12,14H,5,9-11H2,1-4H3/t14-/m1/s1. The van der Waals surface area contributed by atoms with E-state index in [2.05, 4.69) is 31.7 Å². The zero-order valence-corrected chi connectivity index (χ0v) is 12.5. The van der Waals surface area contributed by atoms with Gasteiger partial charge >= 0.3 is 0 Å². The Kier molecular flexibility index (Phi) is 4.70. The summed E-state index contributed by atoms with van der Waals surface area (Å²) in [6, 6.07) is 6.11. The number of nitrogens with zero attached hydrogens (tertiary/aromatic N) is 1. The Morgan fingerprint density at radius 2 is 2.21 bits per heavy atom. The number of methoxy groups -OCH3 is 1. The van der Waals surface area contributed by atoms with Crippen molar-refractivity contribution in [2.45, 2.75) is 39.8 Å². The van der Waals surface area contributed by atoms with Crippen LogP contribution in [0, 0.1) is 5.92 Å². The summed E-state index contributed by atoms with van der Waals surface area (Å²) in [7, 11) is 1.71. The van der Waals surface area contributed by atoms with Gasteiger partial charge < -0.3 is 9.47 Å². The molecule has 0 unspecified atom stereocenters. The second kappa shape index (κ2) is 6.29. The Hall–Kier alpha value is -1.22. The van der Waals surface area contributed by atoms with Gasteiger partial charge in [-0.2, -0.15) is 0 Å². The summed E-state index contributed by atoms with van der Waals surface area (Å²) >= 11 is 0. The van der Waals surface area contributed by atoms with Crippen molar-refractivity contribution in [2.24, 2.45) is 5.92 Å². The molecule has 1 aliphatic heterocycles. The molecule has 1 aliphatic rings. The molecule has 0 fully saturated rings. The first-order chi connectivity index (χ1) is 9.12. The highest BCUT2D eigenvalue weighted by Gasteiger charge is 2.22. The Labute approximate surface area is 116 Å². The summed E-state index contributed by atoms with van der Waals surface area (Å²) in [5.41, 5.74) is 1.23. The lowest BCUT2D eigenvalue weighted by Gasteiger charge is -2.24. The van der Waals surface area contributed by atoms with Crippen molar-refractivity contribution in [3.8, 4) is 11.5 Å². The highest BCUT2D eigenvalue weighted by Crippen LogP contribution is 2.29. The molecule has 0 saturated carbocycles. The number of ether oxygens (including phenoxy) is 2. The maximum Gasteiger partial charge on any atom is 0.124 e. The number of hydrogen-bond donors (Lipinski definition) is 0. The minimum atomic E-state index is 0.286. The van der Waals surface area contributed by atoms with E-state index in [-0.39, 0.29) is 6.10 Å². The van der Waals surface area contributed by atoms with Crippen LogP contribution in [0.15, 0.2) is 18.2 Å². The fraction of sp³-hybridized carbons (Fsp3) is 0.625. The summed E-state index contributed by atoms with van der Waals surface area (Å²) in [5.74, 6) is 2.59. The Balaban J connectivity index is 2.24. The molecular formula is C16H25NO2. The van der Waals surface area contributed by atoms with Crippen molar-refractivity contribution in [1.82, 2.24) is 4.90 Å². The largest absolute Gasteiger partial charge is 0.497 e. The van der Waals surface area contributed by atoms with Crippen LogP contribution in [-0.2, 0) is 6.54 Å². The molecule has 1 atom stereocenters. The number of rotatable bonds is 4. The van der Waals surface area contributed by atoms with Gasteiger partial charge in [-0.05, 0) is 30.5 Å². The monoisotopic (exact) mass is 263 g/mol. The first kappa shape index (κ1) is 14.2. The molecule has 19 heavy (non-hydrogen) atoms. The van der Waals surface area contributed by atoms with Crippen LogP contribution in [0.5, 0.6) is 11.5 Å². The van der Waals surface area contributed by atoms with Gasteiger partial charge in [0.2, 0.25) is 0 Å². The van der Waals surface area contributed by atoms with Gasteiger partial charge in [-0.3, -0.25) is 4.90 Å². The fourth-order valence-electron chi connectivity index (χ4n) is 2.60. The predicted molar refractivity (Wildman–Crippen MR) is 77.8 cm³/mol. The first-order valence-electron chi connectivity index (χ1n) is 7.18. The molecule has 3 heteroatoms. The fourth-order valence-corrected chi connectivity index (χ4v) is 2.60. The van der Waals surface area contributed by atoms with E-state index in [1.54, 1.807) is 7.11 Å². The third-order valence-electron chi connectivity index (χ3n) is 3.50. The molecule has 0 amide bonds. The van der Waals surface area contributed by atoms with Crippen molar-refractivity contribution in [1.29, 1.82) is 0 Å². The molecule has 1 heterocycles. The van der Waals surface area contributed by atoms with Gasteiger partial charge in [0.1, 0.15) is 17.6 Å². The van der Waals surface area contributed by atoms with Crippen LogP contribution in [0.2, 0.25) is 0 Å². The van der Waals surface area contributed by atoms with Crippen LogP contribution in [-0.4, -0.2) is 31.2 Å². The third kappa shape index (κ3) is 3.63. The first-order valence-corrected chi connectivity index (χ1v) is 7.18. The predicted octanol–water partition coefficient (Wildman–Crippen LogP) is 3.32. The molecule has 0 N–H and O–H groups in total. The topological polar surface area (TPSA) is 21.7 Å². The molecular weight excluding hydrogens is 238 g/mol. The molecule has 0 radical (unpaired) electrons. The van der Waals surface area contributed by atoms with Crippen molar-refractivity contribution >= 4 is 0 Å². The molecule has 1 aromatic rings. The molecule has 0 saturated heterocycles. The van der Waals surface area contributed by atoms with Gasteiger partial charge in [0.05, 0.1) is 7.11 Å². The average Bonchev–Trinajstić information content (AvgIpc) is 2.55. The zero-order chi connectivity index (χ0) is 13.8. The van der Waals surface area contributed by atoms with Gasteiger partial charge in [0.15, 0.2) is 0 Å². The summed E-state index contributed by atoms with van der Waals surface area (Å²) < 4.78 is 11.4. The zero-order valence-electron chi connectivity index (χ0n) is 12.5. The molecule has 106 valence electrons. The minimum Gasteiger partial charge on any atom is -0.497 e. The van der Waals surface area contributed by atoms with E-state index in [4.69, 9.17) is 9.47 Å². The number of fused-ring (bicyclic) bond motifs is 1. The van der Waals surface area contributed by atoms with E-state index < -0.39 is 0 Å². The number of benzene rings is 1. The molecule has 0 spiro atoms. The normalized spacial score (nSPS) is 19.7. The Morgan fingerprint density at radius 3 is 2.84 bits per heavy atom. The molecule has 0 aliphatic carbocycles. The third-order valence-corrected chi connectivity index (χ3v) is 3.50.